The van der Waals surface area contributed by atoms with Gasteiger partial charge in [-0.05, 0) is 92.9 Å². The smallest absolute Gasteiger partial charge is 0.321 e. The van der Waals surface area contributed by atoms with Crippen molar-refractivity contribution in [3.63, 3.8) is 0 Å². The summed E-state index contributed by atoms with van der Waals surface area (Å²) in [6.45, 7) is 4.57. The second kappa shape index (κ2) is 10.5. The number of aliphatic carboxylic acids is 1. The lowest BCUT2D eigenvalue weighted by Gasteiger charge is -2.41. The molecule has 3 heterocycles. The van der Waals surface area contributed by atoms with Gasteiger partial charge in [-0.2, -0.15) is 0 Å². The third-order valence-corrected chi connectivity index (χ3v) is 8.02. The Labute approximate surface area is 216 Å². The van der Waals surface area contributed by atoms with Crippen molar-refractivity contribution in [1.29, 1.82) is 0 Å². The summed E-state index contributed by atoms with van der Waals surface area (Å²) in [7, 11) is 0. The number of nitrogens with zero attached hydrogens (tertiary/aromatic N) is 2. The Morgan fingerprint density at radius 3 is 2.47 bits per heavy atom. The number of likely N-dealkylation sites (tertiary alicyclic amines) is 2. The number of amides is 2. The lowest BCUT2D eigenvalue weighted by Crippen LogP contribution is -2.52. The van der Waals surface area contributed by atoms with Crippen molar-refractivity contribution in [3.8, 4) is 0 Å². The molecule has 7 nitrogen and oxygen atoms in total. The van der Waals surface area contributed by atoms with Gasteiger partial charge in [-0.3, -0.25) is 9.69 Å². The van der Waals surface area contributed by atoms with Crippen molar-refractivity contribution in [2.24, 2.45) is 5.92 Å². The molecule has 0 bridgehead atoms. The Bertz CT molecular complexity index is 1220. The van der Waals surface area contributed by atoms with Gasteiger partial charge in [0.05, 0.1) is 0 Å². The van der Waals surface area contributed by atoms with Crippen LogP contribution < -0.4 is 5.32 Å². The van der Waals surface area contributed by atoms with Crippen molar-refractivity contribution in [2.45, 2.75) is 44.6 Å². The number of fused-ring (bicyclic) bond motifs is 1. The number of benzene rings is 2. The molecule has 0 spiro atoms. The molecule has 36 heavy (non-hydrogen) atoms. The minimum atomic E-state index is -0.752. The molecule has 2 fully saturated rings. The second-order valence-corrected chi connectivity index (χ2v) is 10.6. The van der Waals surface area contributed by atoms with E-state index in [1.54, 1.807) is 11.0 Å². The molecule has 2 amide bonds. The quantitative estimate of drug-likeness (QED) is 0.412. The highest BCUT2D eigenvalue weighted by Gasteiger charge is 2.38. The van der Waals surface area contributed by atoms with E-state index in [0.29, 0.717) is 42.6 Å². The first-order valence-corrected chi connectivity index (χ1v) is 13.1. The molecule has 1 unspecified atom stereocenters. The first-order chi connectivity index (χ1) is 17.4. The fourth-order valence-electron chi connectivity index (χ4n) is 6.01. The third-order valence-electron chi connectivity index (χ3n) is 7.80. The van der Waals surface area contributed by atoms with Crippen LogP contribution in [0.2, 0.25) is 5.02 Å². The van der Waals surface area contributed by atoms with E-state index in [4.69, 9.17) is 11.6 Å². The van der Waals surface area contributed by atoms with Crippen molar-refractivity contribution in [1.82, 2.24) is 14.8 Å². The maximum atomic E-state index is 12.8. The van der Waals surface area contributed by atoms with E-state index in [9.17, 15) is 14.7 Å². The average Bonchev–Trinajstić information content (AvgIpc) is 3.28. The summed E-state index contributed by atoms with van der Waals surface area (Å²) < 4.78 is 0. The van der Waals surface area contributed by atoms with Gasteiger partial charge in [0.1, 0.15) is 6.04 Å². The molecule has 0 radical (unpaired) electrons. The Hall–Kier alpha value is -3.03. The van der Waals surface area contributed by atoms with E-state index in [0.717, 1.165) is 37.0 Å². The maximum absolute atomic E-state index is 12.8. The predicted molar refractivity (Wildman–Crippen MR) is 143 cm³/mol. The number of para-hydroxylation sites is 1. The molecule has 5 rings (SSSR count). The number of urea groups is 1. The Balaban J connectivity index is 1.17. The van der Waals surface area contributed by atoms with Crippen molar-refractivity contribution in [3.05, 3.63) is 64.8 Å². The normalized spacial score (nSPS) is 18.9. The minimum Gasteiger partial charge on any atom is -0.480 e. The lowest BCUT2D eigenvalue weighted by atomic mass is 9.84. The van der Waals surface area contributed by atoms with Crippen LogP contribution in [-0.2, 0) is 4.79 Å². The molecule has 2 aliphatic rings. The SMILES string of the molecule is Cc1cc(Cl)cc(NC(=O)N2CCC(C(C(=O)O)N3CCC(c4c[nH]c5ccccc45)CC3)CC2)c1. The largest absolute Gasteiger partial charge is 0.480 e. The molecule has 0 aliphatic carbocycles. The highest BCUT2D eigenvalue weighted by Crippen LogP contribution is 2.35. The highest BCUT2D eigenvalue weighted by atomic mass is 35.5. The summed E-state index contributed by atoms with van der Waals surface area (Å²) in [5.41, 5.74) is 4.15. The summed E-state index contributed by atoms with van der Waals surface area (Å²) in [4.78, 5) is 32.4. The molecular weight excluding hydrogens is 476 g/mol. The third kappa shape index (κ3) is 5.22. The first-order valence-electron chi connectivity index (χ1n) is 12.7. The number of nitrogens with one attached hydrogen (secondary N) is 2. The summed E-state index contributed by atoms with van der Waals surface area (Å²) in [6, 6.07) is 13.2. The van der Waals surface area contributed by atoms with Gasteiger partial charge in [-0.1, -0.05) is 29.8 Å². The number of carbonyl (C=O) groups excluding carboxylic acids is 1. The monoisotopic (exact) mass is 508 g/mol. The van der Waals surface area contributed by atoms with E-state index in [-0.39, 0.29) is 11.9 Å². The molecule has 2 aromatic carbocycles. The summed E-state index contributed by atoms with van der Waals surface area (Å²) in [5, 5.41) is 14.9. The van der Waals surface area contributed by atoms with Crippen LogP contribution in [0.1, 0.15) is 42.7 Å². The molecule has 2 saturated heterocycles. The van der Waals surface area contributed by atoms with Crippen LogP contribution in [0.15, 0.2) is 48.7 Å². The molecule has 2 aliphatic heterocycles. The Kier molecular flexibility index (Phi) is 7.21. The number of aromatic amines is 1. The van der Waals surface area contributed by atoms with Crippen molar-refractivity contribution >= 4 is 40.2 Å². The zero-order valence-corrected chi connectivity index (χ0v) is 21.3. The minimum absolute atomic E-state index is 0.0320. The van der Waals surface area contributed by atoms with Gasteiger partial charge < -0.3 is 20.3 Å². The molecule has 3 N–H and O–H groups in total. The molecule has 3 aromatic rings. The summed E-state index contributed by atoms with van der Waals surface area (Å²) in [6.07, 6.45) is 5.38. The summed E-state index contributed by atoms with van der Waals surface area (Å²) >= 11 is 6.11. The van der Waals surface area contributed by atoms with Gasteiger partial charge >= 0.3 is 12.0 Å². The Morgan fingerprint density at radius 2 is 1.78 bits per heavy atom. The maximum Gasteiger partial charge on any atom is 0.321 e. The fourth-order valence-corrected chi connectivity index (χ4v) is 6.30. The number of hydrogen-bond donors (Lipinski definition) is 3. The number of aromatic nitrogens is 1. The van der Waals surface area contributed by atoms with Crippen LogP contribution in [-0.4, -0.2) is 64.1 Å². The van der Waals surface area contributed by atoms with Gasteiger partial charge in [-0.25, -0.2) is 4.79 Å². The van der Waals surface area contributed by atoms with Gasteiger partial charge in [-0.15, -0.1) is 0 Å². The molecule has 1 atom stereocenters. The summed E-state index contributed by atoms with van der Waals surface area (Å²) in [5.74, 6) is -0.282. The van der Waals surface area contributed by atoms with Gasteiger partial charge in [0.2, 0.25) is 0 Å². The number of H-pyrrole nitrogens is 1. The second-order valence-electron chi connectivity index (χ2n) is 10.2. The average molecular weight is 509 g/mol. The van der Waals surface area contributed by atoms with Gasteiger partial charge in [0.15, 0.2) is 0 Å². The van der Waals surface area contributed by atoms with E-state index < -0.39 is 12.0 Å². The number of aryl methyl sites for hydroxylation is 1. The van der Waals surface area contributed by atoms with Gasteiger partial charge in [0, 0.05) is 40.9 Å². The van der Waals surface area contributed by atoms with Crippen LogP contribution in [0.4, 0.5) is 10.5 Å². The first kappa shape index (κ1) is 24.7. The fraction of sp³-hybridized carbons (Fsp3) is 0.429. The van der Waals surface area contributed by atoms with Crippen LogP contribution >= 0.6 is 11.6 Å². The van der Waals surface area contributed by atoms with Crippen LogP contribution in [0.3, 0.4) is 0 Å². The molecule has 8 heteroatoms. The number of carbonyl (C=O) groups is 2. The van der Waals surface area contributed by atoms with Crippen molar-refractivity contribution in [2.75, 3.05) is 31.5 Å². The molecule has 190 valence electrons. The lowest BCUT2D eigenvalue weighted by molar-refractivity contribution is -0.146. The number of halogens is 1. The topological polar surface area (TPSA) is 88.7 Å². The van der Waals surface area contributed by atoms with E-state index >= 15 is 0 Å². The van der Waals surface area contributed by atoms with Crippen LogP contribution in [0.25, 0.3) is 10.9 Å². The predicted octanol–water partition coefficient (Wildman–Crippen LogP) is 5.71. The Morgan fingerprint density at radius 1 is 1.06 bits per heavy atom. The van der Waals surface area contributed by atoms with E-state index in [2.05, 4.69) is 39.6 Å². The number of hydrogen-bond acceptors (Lipinski definition) is 3. The van der Waals surface area contributed by atoms with E-state index in [1.165, 1.54) is 10.9 Å². The number of anilines is 1. The van der Waals surface area contributed by atoms with E-state index in [1.807, 2.05) is 25.1 Å². The molecular formula is C28H33ClN4O3. The van der Waals surface area contributed by atoms with Crippen LogP contribution in [0.5, 0.6) is 0 Å². The van der Waals surface area contributed by atoms with Gasteiger partial charge in [0.25, 0.3) is 0 Å². The zero-order valence-electron chi connectivity index (χ0n) is 20.5. The number of rotatable bonds is 5. The molecule has 1 aromatic heterocycles. The van der Waals surface area contributed by atoms with Crippen molar-refractivity contribution < 1.29 is 14.7 Å². The standard InChI is InChI=1S/C28H33ClN4O3/c1-18-14-21(29)16-22(15-18)31-28(36)33-12-8-20(9-13-33)26(27(34)35)32-10-6-19(7-11-32)24-17-30-25-5-3-2-4-23(24)25/h2-5,14-17,19-20,26,30H,6-13H2,1H3,(H,31,36)(H,34,35). The number of piperidine rings is 2. The van der Waals surface area contributed by atoms with Crippen LogP contribution in [0, 0.1) is 12.8 Å². The number of carboxylic acids is 1. The number of carboxylic acid groups (broad SMARTS) is 1. The highest BCUT2D eigenvalue weighted by molar-refractivity contribution is 6.31. The molecule has 0 saturated carbocycles. The zero-order chi connectivity index (χ0) is 25.2.